The Morgan fingerprint density at radius 1 is 0.909 bits per heavy atom. The summed E-state index contributed by atoms with van der Waals surface area (Å²) in [5, 5.41) is 17.5. The standard InChI is InChI=1S/C24H23Cl2N5OS/c25-21-11-6-12-22(26)20(21)17-32-23-13-5-4-8-18(23)16-27-14-7-15-33-24-28-29-30-31(24)19-9-2-1-3-10-19/h1-6,8-13,27H,7,14-17H2. The minimum absolute atomic E-state index is 0.322. The number of ether oxygens (including phenoxy) is 1. The molecule has 4 aromatic rings. The fraction of sp³-hybridized carbons (Fsp3) is 0.208. The maximum absolute atomic E-state index is 6.26. The molecule has 1 aromatic heterocycles. The van der Waals surface area contributed by atoms with Crippen LogP contribution in [0.1, 0.15) is 17.5 Å². The van der Waals surface area contributed by atoms with Gasteiger partial charge in [0.15, 0.2) is 0 Å². The summed E-state index contributed by atoms with van der Waals surface area (Å²) in [4.78, 5) is 0. The third-order valence-corrected chi connectivity index (χ3v) is 6.61. The third-order valence-electron chi connectivity index (χ3n) is 4.89. The number of nitrogens with one attached hydrogen (secondary N) is 1. The number of rotatable bonds is 11. The van der Waals surface area contributed by atoms with Gasteiger partial charge in [-0.1, -0.05) is 77.4 Å². The number of halogens is 2. The maximum atomic E-state index is 6.26. The number of hydrogen-bond donors (Lipinski definition) is 1. The minimum atomic E-state index is 0.322. The number of tetrazole rings is 1. The molecule has 0 amide bonds. The molecule has 0 spiro atoms. The van der Waals surface area contributed by atoms with E-state index in [-0.39, 0.29) is 0 Å². The van der Waals surface area contributed by atoms with Crippen LogP contribution in [-0.2, 0) is 13.2 Å². The van der Waals surface area contributed by atoms with Crippen LogP contribution in [-0.4, -0.2) is 32.5 Å². The molecule has 0 unspecified atom stereocenters. The smallest absolute Gasteiger partial charge is 0.214 e. The highest BCUT2D eigenvalue weighted by atomic mass is 35.5. The highest BCUT2D eigenvalue weighted by Gasteiger charge is 2.10. The van der Waals surface area contributed by atoms with Crippen molar-refractivity contribution in [3.8, 4) is 11.4 Å². The van der Waals surface area contributed by atoms with Crippen LogP contribution < -0.4 is 10.1 Å². The van der Waals surface area contributed by atoms with E-state index in [1.807, 2.05) is 66.7 Å². The average molecular weight is 500 g/mol. The van der Waals surface area contributed by atoms with Gasteiger partial charge in [-0.3, -0.25) is 0 Å². The number of thioether (sulfide) groups is 1. The van der Waals surface area contributed by atoms with Crippen molar-refractivity contribution in [2.75, 3.05) is 12.3 Å². The van der Waals surface area contributed by atoms with E-state index in [0.29, 0.717) is 23.2 Å². The van der Waals surface area contributed by atoms with Crippen molar-refractivity contribution in [1.82, 2.24) is 25.5 Å². The van der Waals surface area contributed by atoms with E-state index in [4.69, 9.17) is 27.9 Å². The van der Waals surface area contributed by atoms with Crippen LogP contribution in [0.25, 0.3) is 5.69 Å². The molecule has 0 fully saturated rings. The van der Waals surface area contributed by atoms with Gasteiger partial charge in [0, 0.05) is 33.5 Å². The second-order valence-electron chi connectivity index (χ2n) is 7.18. The Balaban J connectivity index is 1.23. The van der Waals surface area contributed by atoms with Gasteiger partial charge in [0.1, 0.15) is 12.4 Å². The Morgan fingerprint density at radius 3 is 2.48 bits per heavy atom. The number of hydrogen-bond acceptors (Lipinski definition) is 6. The second kappa shape index (κ2) is 12.0. The molecule has 33 heavy (non-hydrogen) atoms. The zero-order valence-corrected chi connectivity index (χ0v) is 20.2. The van der Waals surface area contributed by atoms with Crippen molar-refractivity contribution < 1.29 is 4.74 Å². The minimum Gasteiger partial charge on any atom is -0.488 e. The van der Waals surface area contributed by atoms with Gasteiger partial charge in [0.05, 0.1) is 5.69 Å². The fourth-order valence-corrected chi connectivity index (χ4v) is 4.53. The van der Waals surface area contributed by atoms with Gasteiger partial charge in [-0.2, -0.15) is 4.68 Å². The zero-order valence-electron chi connectivity index (χ0n) is 17.8. The number of nitrogens with zero attached hydrogens (tertiary/aromatic N) is 4. The first-order valence-corrected chi connectivity index (χ1v) is 12.3. The molecule has 0 aliphatic rings. The summed E-state index contributed by atoms with van der Waals surface area (Å²) in [7, 11) is 0. The van der Waals surface area contributed by atoms with Crippen LogP contribution in [0.3, 0.4) is 0 Å². The highest BCUT2D eigenvalue weighted by molar-refractivity contribution is 7.99. The molecule has 4 rings (SSSR count). The molecular formula is C24H23Cl2N5OS. The van der Waals surface area contributed by atoms with E-state index < -0.39 is 0 Å². The number of para-hydroxylation sites is 2. The number of benzene rings is 3. The first-order valence-electron chi connectivity index (χ1n) is 10.5. The molecule has 0 bridgehead atoms. The first-order chi connectivity index (χ1) is 16.2. The first kappa shape index (κ1) is 23.6. The van der Waals surface area contributed by atoms with E-state index in [0.717, 1.165) is 46.4 Å². The summed E-state index contributed by atoms with van der Waals surface area (Å²) in [6, 6.07) is 23.3. The SMILES string of the molecule is Clc1cccc(Cl)c1COc1ccccc1CNCCCSc1nnnn1-c1ccccc1. The molecule has 1 heterocycles. The molecule has 0 atom stereocenters. The Bertz CT molecular complexity index is 1150. The Morgan fingerprint density at radius 2 is 1.67 bits per heavy atom. The topological polar surface area (TPSA) is 64.9 Å². The quantitative estimate of drug-likeness (QED) is 0.207. The van der Waals surface area contributed by atoms with Crippen molar-refractivity contribution in [1.29, 1.82) is 0 Å². The maximum Gasteiger partial charge on any atom is 0.214 e. The molecule has 1 N–H and O–H groups in total. The fourth-order valence-electron chi connectivity index (χ4n) is 3.19. The van der Waals surface area contributed by atoms with Gasteiger partial charge >= 0.3 is 0 Å². The summed E-state index contributed by atoms with van der Waals surface area (Å²) in [5.74, 6) is 1.72. The lowest BCUT2D eigenvalue weighted by Crippen LogP contribution is -2.16. The van der Waals surface area contributed by atoms with Crippen LogP contribution in [0.2, 0.25) is 10.0 Å². The molecule has 0 saturated carbocycles. The van der Waals surface area contributed by atoms with Gasteiger partial charge in [-0.25, -0.2) is 0 Å². The average Bonchev–Trinajstić information content (AvgIpc) is 3.31. The highest BCUT2D eigenvalue weighted by Crippen LogP contribution is 2.27. The molecule has 3 aromatic carbocycles. The summed E-state index contributed by atoms with van der Waals surface area (Å²) in [5.41, 5.74) is 2.83. The lowest BCUT2D eigenvalue weighted by molar-refractivity contribution is 0.302. The molecule has 0 aliphatic heterocycles. The van der Waals surface area contributed by atoms with Gasteiger partial charge in [0.25, 0.3) is 0 Å². The van der Waals surface area contributed by atoms with E-state index >= 15 is 0 Å². The summed E-state index contributed by atoms with van der Waals surface area (Å²) in [6.45, 7) is 1.89. The lowest BCUT2D eigenvalue weighted by atomic mass is 10.2. The van der Waals surface area contributed by atoms with Gasteiger partial charge < -0.3 is 10.1 Å². The van der Waals surface area contributed by atoms with Crippen LogP contribution in [0.15, 0.2) is 78.0 Å². The van der Waals surface area contributed by atoms with Crippen molar-refractivity contribution in [3.63, 3.8) is 0 Å². The van der Waals surface area contributed by atoms with Crippen LogP contribution in [0.5, 0.6) is 5.75 Å². The largest absolute Gasteiger partial charge is 0.488 e. The molecule has 0 aliphatic carbocycles. The van der Waals surface area contributed by atoms with Gasteiger partial charge in [0.2, 0.25) is 5.16 Å². The zero-order chi connectivity index (χ0) is 22.9. The molecule has 0 saturated heterocycles. The normalized spacial score (nSPS) is 11.0. The monoisotopic (exact) mass is 499 g/mol. The van der Waals surface area contributed by atoms with E-state index in [2.05, 4.69) is 26.9 Å². The van der Waals surface area contributed by atoms with Crippen LogP contribution >= 0.6 is 35.0 Å². The predicted molar refractivity (Wildman–Crippen MR) is 133 cm³/mol. The predicted octanol–water partition coefficient (Wildman–Crippen LogP) is 5.82. The summed E-state index contributed by atoms with van der Waals surface area (Å²) >= 11 is 14.2. The van der Waals surface area contributed by atoms with Crippen LogP contribution in [0, 0.1) is 0 Å². The van der Waals surface area contributed by atoms with E-state index in [1.165, 1.54) is 0 Å². The Labute approximate surface area is 207 Å². The van der Waals surface area contributed by atoms with Crippen molar-refractivity contribution in [2.24, 2.45) is 0 Å². The van der Waals surface area contributed by atoms with Crippen molar-refractivity contribution in [3.05, 3.63) is 94.0 Å². The molecule has 6 nitrogen and oxygen atoms in total. The van der Waals surface area contributed by atoms with Crippen molar-refractivity contribution >= 4 is 35.0 Å². The molecule has 9 heteroatoms. The molecular weight excluding hydrogens is 477 g/mol. The second-order valence-corrected chi connectivity index (χ2v) is 9.06. The summed E-state index contributed by atoms with van der Waals surface area (Å²) < 4.78 is 7.79. The van der Waals surface area contributed by atoms with E-state index in [9.17, 15) is 0 Å². The van der Waals surface area contributed by atoms with Gasteiger partial charge in [-0.15, -0.1) is 5.10 Å². The Hall–Kier alpha value is -2.58. The van der Waals surface area contributed by atoms with Crippen molar-refractivity contribution in [2.45, 2.75) is 24.7 Å². The number of aromatic nitrogens is 4. The summed E-state index contributed by atoms with van der Waals surface area (Å²) in [6.07, 6.45) is 0.977. The van der Waals surface area contributed by atoms with E-state index in [1.54, 1.807) is 16.4 Å². The Kier molecular flexibility index (Phi) is 8.60. The van der Waals surface area contributed by atoms with Crippen LogP contribution in [0.4, 0.5) is 0 Å². The lowest BCUT2D eigenvalue weighted by Gasteiger charge is -2.13. The molecule has 170 valence electrons. The van der Waals surface area contributed by atoms with Gasteiger partial charge in [-0.05, 0) is 53.7 Å². The third kappa shape index (κ3) is 6.48. The molecule has 0 radical (unpaired) electrons.